The topological polar surface area (TPSA) is 60.4 Å². The van der Waals surface area contributed by atoms with Crippen LogP contribution in [0.4, 0.5) is 13.2 Å². The van der Waals surface area contributed by atoms with Gasteiger partial charge >= 0.3 is 6.18 Å². The van der Waals surface area contributed by atoms with Gasteiger partial charge in [-0.25, -0.2) is 5.43 Å². The van der Waals surface area contributed by atoms with Crippen molar-refractivity contribution in [1.82, 2.24) is 20.7 Å². The summed E-state index contributed by atoms with van der Waals surface area (Å²) in [7, 11) is 0. The van der Waals surface area contributed by atoms with E-state index in [0.717, 1.165) is 12.1 Å². The molecule has 2 fully saturated rings. The maximum Gasteiger partial charge on any atom is 0.417 e. The average Bonchev–Trinajstić information content (AvgIpc) is 2.98. The van der Waals surface area contributed by atoms with Gasteiger partial charge < -0.3 is 10.0 Å². The van der Waals surface area contributed by atoms with Crippen LogP contribution in [0.3, 0.4) is 0 Å². The minimum absolute atomic E-state index is 0.0899. The van der Waals surface area contributed by atoms with Crippen LogP contribution >= 0.6 is 0 Å². The number of aliphatic hydroxyl groups is 1. The molecule has 3 heterocycles. The molecule has 0 radical (unpaired) electrons. The van der Waals surface area contributed by atoms with Crippen molar-refractivity contribution in [3.63, 3.8) is 0 Å². The summed E-state index contributed by atoms with van der Waals surface area (Å²) in [5.41, 5.74) is 4.86. The molecular weight excluding hydrogens is 309 g/mol. The highest BCUT2D eigenvalue weighted by atomic mass is 19.4. The van der Waals surface area contributed by atoms with E-state index in [0.29, 0.717) is 6.54 Å². The van der Waals surface area contributed by atoms with Gasteiger partial charge in [0.15, 0.2) is 5.60 Å². The van der Waals surface area contributed by atoms with Crippen LogP contribution in [-0.4, -0.2) is 52.9 Å². The number of nitrogens with zero attached hydrogens (tertiary/aromatic N) is 2. The lowest BCUT2D eigenvalue weighted by Crippen LogP contribution is -2.54. The molecule has 2 atom stereocenters. The lowest BCUT2D eigenvalue weighted by molar-refractivity contribution is -0.272. The van der Waals surface area contributed by atoms with Crippen LogP contribution in [0.5, 0.6) is 0 Å². The molecule has 2 saturated heterocycles. The van der Waals surface area contributed by atoms with Crippen molar-refractivity contribution in [1.29, 1.82) is 0 Å². The Labute approximate surface area is 132 Å². The van der Waals surface area contributed by atoms with E-state index < -0.39 is 11.8 Å². The maximum atomic E-state index is 12.8. The van der Waals surface area contributed by atoms with Gasteiger partial charge in [-0.05, 0) is 24.5 Å². The second kappa shape index (κ2) is 6.35. The highest BCUT2D eigenvalue weighted by Gasteiger charge is 2.54. The van der Waals surface area contributed by atoms with Gasteiger partial charge in [-0.1, -0.05) is 6.07 Å². The maximum absolute atomic E-state index is 12.8. The molecule has 3 rings (SSSR count). The molecule has 3 N–H and O–H groups in total. The molecule has 0 saturated carbocycles. The zero-order valence-electron chi connectivity index (χ0n) is 12.7. The van der Waals surface area contributed by atoms with Crippen LogP contribution < -0.4 is 10.9 Å². The number of likely N-dealkylation sites (tertiary alicyclic amines) is 1. The van der Waals surface area contributed by atoms with Crippen molar-refractivity contribution < 1.29 is 18.3 Å². The third-order valence-electron chi connectivity index (χ3n) is 4.84. The Morgan fingerprint density at radius 3 is 2.70 bits per heavy atom. The number of piperidine rings is 1. The molecule has 5 nitrogen and oxygen atoms in total. The van der Waals surface area contributed by atoms with Crippen LogP contribution in [0, 0.1) is 5.92 Å². The second-order valence-corrected chi connectivity index (χ2v) is 6.38. The van der Waals surface area contributed by atoms with Crippen LogP contribution in [0.15, 0.2) is 24.5 Å². The van der Waals surface area contributed by atoms with E-state index in [1.54, 1.807) is 12.4 Å². The quantitative estimate of drug-likeness (QED) is 0.778. The average molecular weight is 330 g/mol. The Morgan fingerprint density at radius 1 is 1.35 bits per heavy atom. The molecule has 1 aromatic heterocycles. The second-order valence-electron chi connectivity index (χ2n) is 6.38. The summed E-state index contributed by atoms with van der Waals surface area (Å²) < 4.78 is 38.5. The highest BCUT2D eigenvalue weighted by Crippen LogP contribution is 2.38. The molecule has 2 aliphatic heterocycles. The normalized spacial score (nSPS) is 28.9. The van der Waals surface area contributed by atoms with Gasteiger partial charge in [-0.15, -0.1) is 0 Å². The number of hydrogen-bond donors (Lipinski definition) is 3. The molecule has 2 unspecified atom stereocenters. The Balaban J connectivity index is 1.58. The summed E-state index contributed by atoms with van der Waals surface area (Å²) >= 11 is 0. The van der Waals surface area contributed by atoms with E-state index in [-0.39, 0.29) is 37.9 Å². The number of hydrazine groups is 1. The van der Waals surface area contributed by atoms with Crippen molar-refractivity contribution in [3.05, 3.63) is 30.1 Å². The zero-order chi connectivity index (χ0) is 16.5. The number of rotatable bonds is 3. The van der Waals surface area contributed by atoms with E-state index >= 15 is 0 Å². The first-order valence-corrected chi connectivity index (χ1v) is 7.79. The molecular formula is C15H21F3N4O. The highest BCUT2D eigenvalue weighted by molar-refractivity contribution is 5.16. The molecule has 0 amide bonds. The van der Waals surface area contributed by atoms with E-state index in [1.165, 1.54) is 0 Å². The predicted molar refractivity (Wildman–Crippen MR) is 78.3 cm³/mol. The predicted octanol–water partition coefficient (Wildman–Crippen LogP) is 1.24. The summed E-state index contributed by atoms with van der Waals surface area (Å²) in [6.07, 6.45) is -1.56. The first-order chi connectivity index (χ1) is 10.9. The zero-order valence-corrected chi connectivity index (χ0v) is 12.7. The monoisotopic (exact) mass is 330 g/mol. The Bertz CT molecular complexity index is 517. The number of hydrogen-bond acceptors (Lipinski definition) is 5. The molecule has 0 aromatic carbocycles. The first-order valence-electron chi connectivity index (χ1n) is 7.79. The van der Waals surface area contributed by atoms with Gasteiger partial charge in [0, 0.05) is 44.5 Å². The summed E-state index contributed by atoms with van der Waals surface area (Å²) in [5, 5.41) is 9.73. The molecule has 128 valence electrons. The molecule has 2 aliphatic rings. The van der Waals surface area contributed by atoms with Crippen LogP contribution in [0.25, 0.3) is 0 Å². The minimum Gasteiger partial charge on any atom is -0.380 e. The SMILES string of the molecule is OC1(C(F)(F)F)CCN(CC2CNNC2c2cccnc2)CC1. The van der Waals surface area contributed by atoms with Crippen LogP contribution in [-0.2, 0) is 0 Å². The number of alkyl halides is 3. The molecule has 1 aromatic rings. The van der Waals surface area contributed by atoms with E-state index in [1.807, 2.05) is 17.0 Å². The number of halogens is 3. The fourth-order valence-electron chi connectivity index (χ4n) is 3.34. The van der Waals surface area contributed by atoms with E-state index in [4.69, 9.17) is 0 Å². The van der Waals surface area contributed by atoms with Gasteiger partial charge in [-0.3, -0.25) is 10.4 Å². The van der Waals surface area contributed by atoms with Crippen LogP contribution in [0.1, 0.15) is 24.4 Å². The van der Waals surface area contributed by atoms with E-state index in [9.17, 15) is 18.3 Å². The molecule has 0 bridgehead atoms. The smallest absolute Gasteiger partial charge is 0.380 e. The van der Waals surface area contributed by atoms with Gasteiger partial charge in [0.1, 0.15) is 0 Å². The van der Waals surface area contributed by atoms with Crippen molar-refractivity contribution in [2.75, 3.05) is 26.2 Å². The van der Waals surface area contributed by atoms with Gasteiger partial charge in [0.05, 0.1) is 6.04 Å². The Kier molecular flexibility index (Phi) is 4.59. The number of pyridine rings is 1. The largest absolute Gasteiger partial charge is 0.417 e. The van der Waals surface area contributed by atoms with Crippen molar-refractivity contribution in [2.45, 2.75) is 30.7 Å². The fourth-order valence-corrected chi connectivity index (χ4v) is 3.34. The summed E-state index contributed by atoms with van der Waals surface area (Å²) in [5.74, 6) is 0.247. The van der Waals surface area contributed by atoms with Crippen molar-refractivity contribution >= 4 is 0 Å². The fraction of sp³-hybridized carbons (Fsp3) is 0.667. The minimum atomic E-state index is -4.55. The van der Waals surface area contributed by atoms with E-state index in [2.05, 4.69) is 15.8 Å². The number of nitrogens with one attached hydrogen (secondary N) is 2. The van der Waals surface area contributed by atoms with Gasteiger partial charge in [0.25, 0.3) is 0 Å². The summed E-state index contributed by atoms with van der Waals surface area (Å²) in [4.78, 5) is 6.12. The summed E-state index contributed by atoms with van der Waals surface area (Å²) in [6, 6.07) is 3.95. The third-order valence-corrected chi connectivity index (χ3v) is 4.84. The molecule has 8 heteroatoms. The Hall–Kier alpha value is -1.22. The first kappa shape index (κ1) is 16.6. The van der Waals surface area contributed by atoms with Crippen molar-refractivity contribution in [3.8, 4) is 0 Å². The van der Waals surface area contributed by atoms with Gasteiger partial charge in [0.2, 0.25) is 0 Å². The van der Waals surface area contributed by atoms with Crippen LogP contribution in [0.2, 0.25) is 0 Å². The van der Waals surface area contributed by atoms with Gasteiger partial charge in [-0.2, -0.15) is 13.2 Å². The molecule has 0 spiro atoms. The lowest BCUT2D eigenvalue weighted by atomic mass is 9.89. The summed E-state index contributed by atoms with van der Waals surface area (Å²) in [6.45, 7) is 1.95. The van der Waals surface area contributed by atoms with Crippen molar-refractivity contribution in [2.24, 2.45) is 5.92 Å². The third kappa shape index (κ3) is 3.50. The standard InChI is InChI=1S/C15H21F3N4O/c16-15(17,18)14(23)3-6-22(7-4-14)10-12-9-20-21-13(12)11-2-1-5-19-8-11/h1-2,5,8,12-13,20-21,23H,3-4,6-7,9-10H2. The number of aromatic nitrogens is 1. The molecule has 0 aliphatic carbocycles. The molecule has 23 heavy (non-hydrogen) atoms. The lowest BCUT2D eigenvalue weighted by Gasteiger charge is -2.40. The Morgan fingerprint density at radius 2 is 2.09 bits per heavy atom.